The van der Waals surface area contributed by atoms with Gasteiger partial charge in [0.15, 0.2) is 11.5 Å². The number of nitrogens with zero attached hydrogens (tertiary/aromatic N) is 2. The molecule has 0 amide bonds. The van der Waals surface area contributed by atoms with Crippen LogP contribution in [-0.2, 0) is 11.3 Å². The number of ether oxygens (including phenoxy) is 3. The number of hydrogen-bond acceptors (Lipinski definition) is 5. The van der Waals surface area contributed by atoms with Crippen molar-refractivity contribution in [1.29, 1.82) is 0 Å². The lowest BCUT2D eigenvalue weighted by Crippen LogP contribution is -2.46. The van der Waals surface area contributed by atoms with Crippen LogP contribution in [0.3, 0.4) is 0 Å². The number of halogens is 1. The molecule has 0 N–H and O–H groups in total. The van der Waals surface area contributed by atoms with Gasteiger partial charge in [-0.2, -0.15) is 0 Å². The highest BCUT2D eigenvalue weighted by molar-refractivity contribution is 6.31. The molecule has 5 nitrogen and oxygen atoms in total. The van der Waals surface area contributed by atoms with Crippen molar-refractivity contribution in [3.8, 4) is 11.5 Å². The summed E-state index contributed by atoms with van der Waals surface area (Å²) in [6, 6.07) is 4.33. The second-order valence-electron chi connectivity index (χ2n) is 5.99. The van der Waals surface area contributed by atoms with Gasteiger partial charge < -0.3 is 19.1 Å². The van der Waals surface area contributed by atoms with Gasteiger partial charge in [-0.05, 0) is 25.6 Å². The van der Waals surface area contributed by atoms with Crippen molar-refractivity contribution >= 4 is 11.6 Å². The molecule has 2 aliphatic rings. The molecule has 2 aliphatic heterocycles. The van der Waals surface area contributed by atoms with Crippen molar-refractivity contribution in [3.63, 3.8) is 0 Å². The maximum atomic E-state index is 6.35. The molecule has 0 saturated carbocycles. The highest BCUT2D eigenvalue weighted by Gasteiger charge is 2.20. The van der Waals surface area contributed by atoms with E-state index in [1.54, 1.807) is 0 Å². The van der Waals surface area contributed by atoms with E-state index in [4.69, 9.17) is 25.8 Å². The Morgan fingerprint density at radius 3 is 2.64 bits per heavy atom. The van der Waals surface area contributed by atoms with E-state index < -0.39 is 0 Å². The van der Waals surface area contributed by atoms with Crippen LogP contribution in [0, 0.1) is 0 Å². The summed E-state index contributed by atoms with van der Waals surface area (Å²) < 4.78 is 16.2. The van der Waals surface area contributed by atoms with Gasteiger partial charge in [0.05, 0.1) is 13.2 Å². The summed E-state index contributed by atoms with van der Waals surface area (Å²) in [6.07, 6.45) is 0. The number of likely N-dealkylation sites (N-methyl/N-ethyl adjacent to an activating group) is 1. The summed E-state index contributed by atoms with van der Waals surface area (Å²) in [6.45, 7) is 8.03. The van der Waals surface area contributed by atoms with Crippen LogP contribution in [0.1, 0.15) is 12.5 Å². The Kier molecular flexibility index (Phi) is 5.08. The zero-order valence-electron chi connectivity index (χ0n) is 13.2. The van der Waals surface area contributed by atoms with Gasteiger partial charge in [-0.15, -0.1) is 0 Å². The van der Waals surface area contributed by atoms with Gasteiger partial charge in [0, 0.05) is 43.3 Å². The minimum atomic E-state index is 0.277. The summed E-state index contributed by atoms with van der Waals surface area (Å²) in [7, 11) is 2.12. The van der Waals surface area contributed by atoms with E-state index >= 15 is 0 Å². The van der Waals surface area contributed by atoms with Crippen LogP contribution < -0.4 is 9.47 Å². The van der Waals surface area contributed by atoms with Gasteiger partial charge in [0.1, 0.15) is 0 Å². The van der Waals surface area contributed by atoms with Gasteiger partial charge in [0.25, 0.3) is 0 Å². The van der Waals surface area contributed by atoms with E-state index in [9.17, 15) is 0 Å². The Morgan fingerprint density at radius 1 is 1.23 bits per heavy atom. The zero-order valence-corrected chi connectivity index (χ0v) is 13.9. The molecule has 1 aromatic rings. The Bertz CT molecular complexity index is 520. The van der Waals surface area contributed by atoms with E-state index in [1.165, 1.54) is 0 Å². The Balaban J connectivity index is 1.58. The summed E-state index contributed by atoms with van der Waals surface area (Å²) >= 11 is 6.35. The maximum absolute atomic E-state index is 6.35. The van der Waals surface area contributed by atoms with E-state index in [1.807, 2.05) is 12.1 Å². The SMILES string of the molecule is C[C@H](CN(C)Cc1cc2c(cc1Cl)OCO2)N1CCOCC1. The number of hydrogen-bond donors (Lipinski definition) is 0. The lowest BCUT2D eigenvalue weighted by molar-refractivity contribution is 0.0137. The van der Waals surface area contributed by atoms with Crippen LogP contribution in [0.2, 0.25) is 5.02 Å². The van der Waals surface area contributed by atoms with Crippen LogP contribution in [0.15, 0.2) is 12.1 Å². The van der Waals surface area contributed by atoms with E-state index in [0.29, 0.717) is 6.04 Å². The first-order chi connectivity index (χ1) is 10.6. The average Bonchev–Trinajstić information content (AvgIpc) is 2.95. The Labute approximate surface area is 136 Å². The predicted octanol–water partition coefficient (Wildman–Crippen LogP) is 2.22. The summed E-state index contributed by atoms with van der Waals surface area (Å²) in [5.74, 6) is 1.52. The molecule has 1 saturated heterocycles. The van der Waals surface area contributed by atoms with Crippen LogP contribution in [0.25, 0.3) is 0 Å². The van der Waals surface area contributed by atoms with Crippen LogP contribution >= 0.6 is 11.6 Å². The highest BCUT2D eigenvalue weighted by atomic mass is 35.5. The summed E-state index contributed by atoms with van der Waals surface area (Å²) in [5.41, 5.74) is 1.07. The minimum absolute atomic E-state index is 0.277. The quantitative estimate of drug-likeness (QED) is 0.829. The van der Waals surface area contributed by atoms with Crippen molar-refractivity contribution in [2.75, 3.05) is 46.7 Å². The second-order valence-corrected chi connectivity index (χ2v) is 6.40. The lowest BCUT2D eigenvalue weighted by atomic mass is 10.1. The molecule has 1 aromatic carbocycles. The number of benzene rings is 1. The normalized spacial score (nSPS) is 19.6. The molecule has 0 bridgehead atoms. The second kappa shape index (κ2) is 7.04. The van der Waals surface area contributed by atoms with Crippen LogP contribution in [0.4, 0.5) is 0 Å². The highest BCUT2D eigenvalue weighted by Crippen LogP contribution is 2.37. The van der Waals surface area contributed by atoms with Crippen molar-refractivity contribution in [1.82, 2.24) is 9.80 Å². The van der Waals surface area contributed by atoms with Crippen molar-refractivity contribution in [3.05, 3.63) is 22.7 Å². The Hall–Kier alpha value is -1.01. The zero-order chi connectivity index (χ0) is 15.5. The molecule has 6 heteroatoms. The largest absolute Gasteiger partial charge is 0.454 e. The molecule has 22 heavy (non-hydrogen) atoms. The predicted molar refractivity (Wildman–Crippen MR) is 85.8 cm³/mol. The molecular weight excluding hydrogens is 304 g/mol. The van der Waals surface area contributed by atoms with Gasteiger partial charge in [-0.25, -0.2) is 0 Å². The third-order valence-electron chi connectivity index (χ3n) is 4.23. The molecule has 0 radical (unpaired) electrons. The first-order valence-corrected chi connectivity index (χ1v) is 8.09. The number of morpholine rings is 1. The first-order valence-electron chi connectivity index (χ1n) is 7.72. The molecule has 0 aliphatic carbocycles. The van der Waals surface area contributed by atoms with E-state index in [0.717, 1.165) is 61.5 Å². The van der Waals surface area contributed by atoms with Crippen molar-refractivity contribution < 1.29 is 14.2 Å². The summed E-state index contributed by atoms with van der Waals surface area (Å²) in [5, 5.41) is 0.732. The molecule has 2 heterocycles. The molecule has 1 fully saturated rings. The molecular formula is C16H23ClN2O3. The number of rotatable bonds is 5. The van der Waals surface area contributed by atoms with Gasteiger partial charge in [-0.1, -0.05) is 11.6 Å². The molecule has 0 spiro atoms. The maximum Gasteiger partial charge on any atom is 0.231 e. The van der Waals surface area contributed by atoms with Crippen molar-refractivity contribution in [2.45, 2.75) is 19.5 Å². The smallest absolute Gasteiger partial charge is 0.231 e. The van der Waals surface area contributed by atoms with Crippen molar-refractivity contribution in [2.24, 2.45) is 0 Å². The third kappa shape index (κ3) is 3.66. The first kappa shape index (κ1) is 15.9. The molecule has 0 unspecified atom stereocenters. The van der Waals surface area contributed by atoms with Gasteiger partial charge in [-0.3, -0.25) is 4.90 Å². The van der Waals surface area contributed by atoms with E-state index in [-0.39, 0.29) is 6.79 Å². The average molecular weight is 327 g/mol. The molecule has 3 rings (SSSR count). The number of fused-ring (bicyclic) bond motifs is 1. The fraction of sp³-hybridized carbons (Fsp3) is 0.625. The monoisotopic (exact) mass is 326 g/mol. The van der Waals surface area contributed by atoms with E-state index in [2.05, 4.69) is 23.8 Å². The summed E-state index contributed by atoms with van der Waals surface area (Å²) in [4.78, 5) is 4.77. The van der Waals surface area contributed by atoms with Crippen LogP contribution in [-0.4, -0.2) is 62.5 Å². The lowest BCUT2D eigenvalue weighted by Gasteiger charge is -2.34. The third-order valence-corrected chi connectivity index (χ3v) is 4.58. The fourth-order valence-electron chi connectivity index (χ4n) is 3.02. The topological polar surface area (TPSA) is 34.2 Å². The fourth-order valence-corrected chi connectivity index (χ4v) is 3.23. The molecule has 1 atom stereocenters. The van der Waals surface area contributed by atoms with Gasteiger partial charge in [0.2, 0.25) is 6.79 Å². The van der Waals surface area contributed by atoms with Gasteiger partial charge >= 0.3 is 0 Å². The Morgan fingerprint density at radius 2 is 1.91 bits per heavy atom. The minimum Gasteiger partial charge on any atom is -0.454 e. The molecule has 122 valence electrons. The van der Waals surface area contributed by atoms with Crippen LogP contribution in [0.5, 0.6) is 11.5 Å². The molecule has 0 aromatic heterocycles. The standard InChI is InChI=1S/C16H23ClN2O3/c1-12(19-3-5-20-6-4-19)9-18(2)10-13-7-15-16(8-14(13)17)22-11-21-15/h7-8,12H,3-6,9-11H2,1-2H3/t12-/m1/s1.